The summed E-state index contributed by atoms with van der Waals surface area (Å²) in [5.41, 5.74) is 0.496. The Morgan fingerprint density at radius 3 is 2.74 bits per heavy atom. The first-order chi connectivity index (χ1) is 13.2. The van der Waals surface area contributed by atoms with E-state index in [0.717, 1.165) is 0 Å². The fraction of sp³-hybridized carbons (Fsp3) is 0.263. The summed E-state index contributed by atoms with van der Waals surface area (Å²) in [6, 6.07) is 11.7. The second-order valence-corrected chi connectivity index (χ2v) is 7.26. The summed E-state index contributed by atoms with van der Waals surface area (Å²) < 4.78 is 19.2. The Hall–Kier alpha value is -2.71. The second kappa shape index (κ2) is 7.50. The molecule has 2 aromatic heterocycles. The Balaban J connectivity index is 1.61. The van der Waals surface area contributed by atoms with Crippen LogP contribution in [0.1, 0.15) is 18.4 Å². The predicted molar refractivity (Wildman–Crippen MR) is 99.9 cm³/mol. The molecule has 1 N–H and O–H groups in total. The third-order valence-corrected chi connectivity index (χ3v) is 5.55. The average Bonchev–Trinajstić information content (AvgIpc) is 3.18. The van der Waals surface area contributed by atoms with Gasteiger partial charge in [0.15, 0.2) is 5.01 Å². The van der Waals surface area contributed by atoms with Crippen molar-refractivity contribution in [1.82, 2.24) is 15.2 Å². The van der Waals surface area contributed by atoms with Gasteiger partial charge >= 0.3 is 0 Å². The molecule has 3 aromatic rings. The van der Waals surface area contributed by atoms with Crippen LogP contribution < -0.4 is 5.32 Å². The lowest BCUT2D eigenvalue weighted by molar-refractivity contribution is -0.125. The van der Waals surface area contributed by atoms with Crippen molar-refractivity contribution in [2.24, 2.45) is 0 Å². The van der Waals surface area contributed by atoms with E-state index in [9.17, 15) is 9.18 Å². The number of aromatic nitrogens is 3. The van der Waals surface area contributed by atoms with Crippen LogP contribution in [-0.2, 0) is 14.9 Å². The van der Waals surface area contributed by atoms with Crippen LogP contribution in [0.15, 0.2) is 48.7 Å². The molecular weight excluding hydrogens is 367 g/mol. The molecule has 27 heavy (non-hydrogen) atoms. The molecule has 3 heterocycles. The third kappa shape index (κ3) is 3.58. The van der Waals surface area contributed by atoms with Crippen LogP contribution in [0, 0.1) is 5.82 Å². The molecule has 1 saturated heterocycles. The van der Waals surface area contributed by atoms with Gasteiger partial charge in [-0.25, -0.2) is 4.39 Å². The van der Waals surface area contributed by atoms with Crippen LogP contribution in [0.25, 0.3) is 10.7 Å². The summed E-state index contributed by atoms with van der Waals surface area (Å²) in [5, 5.41) is 12.0. The van der Waals surface area contributed by atoms with Gasteiger partial charge in [0, 0.05) is 19.4 Å². The van der Waals surface area contributed by atoms with Gasteiger partial charge in [0.05, 0.1) is 5.41 Å². The van der Waals surface area contributed by atoms with Crippen molar-refractivity contribution in [2.45, 2.75) is 18.3 Å². The minimum atomic E-state index is -0.850. The molecule has 1 amide bonds. The summed E-state index contributed by atoms with van der Waals surface area (Å²) in [5.74, 6) is -0.584. The highest BCUT2D eigenvalue weighted by Crippen LogP contribution is 2.37. The fourth-order valence-electron chi connectivity index (χ4n) is 3.24. The molecule has 0 saturated carbocycles. The van der Waals surface area contributed by atoms with Crippen molar-refractivity contribution >= 4 is 22.4 Å². The number of pyridine rings is 1. The number of anilines is 1. The van der Waals surface area contributed by atoms with Gasteiger partial charge in [-0.1, -0.05) is 29.5 Å². The maximum atomic E-state index is 13.8. The number of hydrogen-bond acceptors (Lipinski definition) is 6. The summed E-state index contributed by atoms with van der Waals surface area (Å²) in [6.07, 6.45) is 2.64. The standard InChI is InChI=1S/C19H17FN4O2S/c20-14-5-3-4-13(12-14)19(7-10-26-11-8-19)17(25)22-18-24-23-16(27-18)15-6-1-2-9-21-15/h1-6,9,12H,7-8,10-11H2,(H,22,24,25). The van der Waals surface area contributed by atoms with E-state index in [2.05, 4.69) is 20.5 Å². The Bertz CT molecular complexity index is 942. The van der Waals surface area contributed by atoms with Crippen LogP contribution in [0.3, 0.4) is 0 Å². The lowest BCUT2D eigenvalue weighted by atomic mass is 9.73. The number of nitrogens with one attached hydrogen (secondary N) is 1. The largest absolute Gasteiger partial charge is 0.381 e. The first kappa shape index (κ1) is 17.7. The van der Waals surface area contributed by atoms with E-state index in [1.807, 2.05) is 18.2 Å². The van der Waals surface area contributed by atoms with Crippen molar-refractivity contribution in [3.8, 4) is 10.7 Å². The van der Waals surface area contributed by atoms with E-state index >= 15 is 0 Å². The van der Waals surface area contributed by atoms with Gasteiger partial charge in [-0.15, -0.1) is 10.2 Å². The summed E-state index contributed by atoms with van der Waals surface area (Å²) >= 11 is 1.25. The number of rotatable bonds is 4. The Kier molecular flexibility index (Phi) is 4.91. The van der Waals surface area contributed by atoms with E-state index in [4.69, 9.17) is 4.74 Å². The topological polar surface area (TPSA) is 77.0 Å². The molecule has 0 spiro atoms. The lowest BCUT2D eigenvalue weighted by Gasteiger charge is -2.35. The fourth-order valence-corrected chi connectivity index (χ4v) is 3.95. The molecule has 1 aliphatic heterocycles. The van der Waals surface area contributed by atoms with Crippen molar-refractivity contribution in [1.29, 1.82) is 0 Å². The smallest absolute Gasteiger partial charge is 0.237 e. The highest BCUT2D eigenvalue weighted by molar-refractivity contribution is 7.18. The summed E-state index contributed by atoms with van der Waals surface area (Å²) in [6.45, 7) is 0.887. The normalized spacial score (nSPS) is 16.0. The Morgan fingerprint density at radius 2 is 2.00 bits per heavy atom. The van der Waals surface area contributed by atoms with Gasteiger partial charge in [0.1, 0.15) is 11.5 Å². The number of carbonyl (C=O) groups excluding carboxylic acids is 1. The SMILES string of the molecule is O=C(Nc1nnc(-c2ccccn2)s1)C1(c2cccc(F)c2)CCOCC1. The van der Waals surface area contributed by atoms with Gasteiger partial charge in [0.2, 0.25) is 11.0 Å². The molecule has 138 valence electrons. The third-order valence-electron chi connectivity index (χ3n) is 4.69. The number of amides is 1. The minimum Gasteiger partial charge on any atom is -0.381 e. The highest BCUT2D eigenvalue weighted by atomic mass is 32.1. The maximum absolute atomic E-state index is 13.8. The summed E-state index contributed by atoms with van der Waals surface area (Å²) in [7, 11) is 0. The van der Waals surface area contributed by atoms with Gasteiger partial charge in [-0.05, 0) is 42.7 Å². The molecule has 4 rings (SSSR count). The van der Waals surface area contributed by atoms with Crippen LogP contribution in [0.2, 0.25) is 0 Å². The zero-order valence-electron chi connectivity index (χ0n) is 14.4. The zero-order chi connectivity index (χ0) is 18.7. The van der Waals surface area contributed by atoms with Crippen LogP contribution in [0.5, 0.6) is 0 Å². The van der Waals surface area contributed by atoms with Gasteiger partial charge < -0.3 is 4.74 Å². The predicted octanol–water partition coefficient (Wildman–Crippen LogP) is 3.43. The van der Waals surface area contributed by atoms with Gasteiger partial charge in [0.25, 0.3) is 0 Å². The molecule has 6 nitrogen and oxygen atoms in total. The van der Waals surface area contributed by atoms with E-state index in [1.54, 1.807) is 18.3 Å². The number of benzene rings is 1. The molecule has 1 aromatic carbocycles. The van der Waals surface area contributed by atoms with E-state index in [0.29, 0.717) is 47.5 Å². The van der Waals surface area contributed by atoms with E-state index < -0.39 is 5.41 Å². The molecule has 0 bridgehead atoms. The first-order valence-electron chi connectivity index (χ1n) is 8.57. The zero-order valence-corrected chi connectivity index (χ0v) is 15.2. The number of hydrogen-bond donors (Lipinski definition) is 1. The van der Waals surface area contributed by atoms with Crippen LogP contribution in [-0.4, -0.2) is 34.3 Å². The first-order valence-corrected chi connectivity index (χ1v) is 9.39. The van der Waals surface area contributed by atoms with Crippen molar-refractivity contribution in [3.05, 3.63) is 60.0 Å². The molecule has 0 radical (unpaired) electrons. The van der Waals surface area contributed by atoms with Crippen molar-refractivity contribution in [2.75, 3.05) is 18.5 Å². The van der Waals surface area contributed by atoms with Crippen molar-refractivity contribution in [3.63, 3.8) is 0 Å². The Morgan fingerprint density at radius 1 is 1.15 bits per heavy atom. The molecule has 1 aliphatic rings. The van der Waals surface area contributed by atoms with Crippen LogP contribution in [0.4, 0.5) is 9.52 Å². The summed E-state index contributed by atoms with van der Waals surface area (Å²) in [4.78, 5) is 17.4. The quantitative estimate of drug-likeness (QED) is 0.746. The molecule has 0 atom stereocenters. The molecule has 0 unspecified atom stereocenters. The number of nitrogens with zero attached hydrogens (tertiary/aromatic N) is 3. The highest BCUT2D eigenvalue weighted by Gasteiger charge is 2.42. The molecular formula is C19H17FN4O2S. The van der Waals surface area contributed by atoms with Crippen molar-refractivity contribution < 1.29 is 13.9 Å². The molecule has 0 aliphatic carbocycles. The number of ether oxygens (including phenoxy) is 1. The molecule has 8 heteroatoms. The number of halogens is 1. The van der Waals surface area contributed by atoms with Crippen LogP contribution >= 0.6 is 11.3 Å². The maximum Gasteiger partial charge on any atom is 0.237 e. The Labute approximate surface area is 159 Å². The minimum absolute atomic E-state index is 0.222. The second-order valence-electron chi connectivity index (χ2n) is 6.29. The average molecular weight is 384 g/mol. The van der Waals surface area contributed by atoms with Gasteiger partial charge in [-0.2, -0.15) is 0 Å². The van der Waals surface area contributed by atoms with Gasteiger partial charge in [-0.3, -0.25) is 15.1 Å². The number of carbonyl (C=O) groups is 1. The van der Waals surface area contributed by atoms with E-state index in [1.165, 1.54) is 23.5 Å². The lowest BCUT2D eigenvalue weighted by Crippen LogP contribution is -2.44. The van der Waals surface area contributed by atoms with E-state index in [-0.39, 0.29) is 11.7 Å². The monoisotopic (exact) mass is 384 g/mol. The molecule has 1 fully saturated rings.